The number of hydrogen-bond donors (Lipinski definition) is 2. The van der Waals surface area contributed by atoms with Crippen LogP contribution >= 0.6 is 0 Å². The summed E-state index contributed by atoms with van der Waals surface area (Å²) in [6, 6.07) is 17.5. The van der Waals surface area contributed by atoms with Crippen molar-refractivity contribution < 1.29 is 28.4 Å². The lowest BCUT2D eigenvalue weighted by Crippen LogP contribution is -2.59. The Kier molecular flexibility index (Phi) is 12.4. The second kappa shape index (κ2) is 18.8. The highest BCUT2D eigenvalue weighted by molar-refractivity contribution is 6.09. The summed E-state index contributed by atoms with van der Waals surface area (Å²) in [7, 11) is 0. The molecular formula is C57H71FN10O5. The Morgan fingerprint density at radius 2 is 1.55 bits per heavy atom. The summed E-state index contributed by atoms with van der Waals surface area (Å²) >= 11 is 0. The number of carbonyl (C=O) groups excluding carboxylic acids is 5. The molecule has 2 aromatic carbocycles. The van der Waals surface area contributed by atoms with E-state index < -0.39 is 17.0 Å². The topological polar surface area (TPSA) is 156 Å². The van der Waals surface area contributed by atoms with Gasteiger partial charge in [0.25, 0.3) is 0 Å². The van der Waals surface area contributed by atoms with Crippen LogP contribution in [0.3, 0.4) is 0 Å². The van der Waals surface area contributed by atoms with Crippen LogP contribution in [0.1, 0.15) is 134 Å². The van der Waals surface area contributed by atoms with E-state index in [1.165, 1.54) is 0 Å². The zero-order valence-corrected chi connectivity index (χ0v) is 42.8. The van der Waals surface area contributed by atoms with E-state index in [9.17, 15) is 23.6 Å². The van der Waals surface area contributed by atoms with Gasteiger partial charge in [-0.1, -0.05) is 31.2 Å². The van der Waals surface area contributed by atoms with Gasteiger partial charge >= 0.3 is 0 Å². The Balaban J connectivity index is 0.708. The fraction of sp³-hybridized carbons (Fsp3) is 0.596. The number of piperidine rings is 5. The normalized spacial score (nSPS) is 26.6. The van der Waals surface area contributed by atoms with Crippen LogP contribution in [-0.4, -0.2) is 135 Å². The molecule has 386 valence electrons. The van der Waals surface area contributed by atoms with Crippen LogP contribution in [0.25, 0.3) is 22.3 Å². The van der Waals surface area contributed by atoms with Crippen LogP contribution in [0, 0.1) is 11.3 Å². The molecule has 6 aliphatic heterocycles. The second-order valence-electron chi connectivity index (χ2n) is 23.4. The number of pyridine rings is 1. The van der Waals surface area contributed by atoms with E-state index in [0.29, 0.717) is 83.7 Å². The number of anilines is 3. The molecule has 7 fully saturated rings. The van der Waals surface area contributed by atoms with Crippen molar-refractivity contribution in [2.75, 3.05) is 67.5 Å². The number of nitrogens with one attached hydrogen (secondary N) is 2. The molecule has 2 N–H and O–H groups in total. The van der Waals surface area contributed by atoms with E-state index in [-0.39, 0.29) is 59.5 Å². The van der Waals surface area contributed by atoms with E-state index in [1.54, 1.807) is 0 Å². The minimum Gasteiger partial charge on any atom is -0.371 e. The summed E-state index contributed by atoms with van der Waals surface area (Å²) in [5.41, 5.74) is 6.25. The molecule has 8 heterocycles. The van der Waals surface area contributed by atoms with Crippen LogP contribution in [0.5, 0.6) is 0 Å². The number of aromatic nitrogens is 3. The second-order valence-corrected chi connectivity index (χ2v) is 23.4. The molecule has 73 heavy (non-hydrogen) atoms. The lowest BCUT2D eigenvalue weighted by Gasteiger charge is -2.49. The predicted octanol–water partition coefficient (Wildman–Crippen LogP) is 7.49. The largest absolute Gasteiger partial charge is 0.371 e. The van der Waals surface area contributed by atoms with Gasteiger partial charge in [0, 0.05) is 105 Å². The van der Waals surface area contributed by atoms with E-state index in [0.717, 1.165) is 115 Å². The summed E-state index contributed by atoms with van der Waals surface area (Å²) in [6.07, 6.45) is 11.1. The third-order valence-electron chi connectivity index (χ3n) is 18.4. The van der Waals surface area contributed by atoms with Gasteiger partial charge in [-0.2, -0.15) is 0 Å². The first-order valence-corrected chi connectivity index (χ1v) is 27.5. The minimum absolute atomic E-state index is 0.0139. The average molecular weight is 995 g/mol. The molecule has 4 aromatic rings. The summed E-state index contributed by atoms with van der Waals surface area (Å²) in [5.74, 6) is 0.448. The molecule has 15 nitrogen and oxygen atoms in total. The number of imide groups is 1. The molecule has 16 heteroatoms. The van der Waals surface area contributed by atoms with Crippen molar-refractivity contribution in [3.8, 4) is 11.3 Å². The Hall–Kier alpha value is -5.90. The van der Waals surface area contributed by atoms with Crippen LogP contribution in [0.2, 0.25) is 0 Å². The Bertz CT molecular complexity index is 2810. The van der Waals surface area contributed by atoms with Gasteiger partial charge in [-0.3, -0.25) is 34.2 Å². The number of fused-ring (bicyclic) bond motifs is 3. The third-order valence-corrected chi connectivity index (χ3v) is 18.4. The highest BCUT2D eigenvalue weighted by Crippen LogP contribution is 2.53. The average Bonchev–Trinajstić information content (AvgIpc) is 4.05. The van der Waals surface area contributed by atoms with Crippen LogP contribution in [0.4, 0.5) is 21.6 Å². The van der Waals surface area contributed by atoms with Gasteiger partial charge in [0.05, 0.1) is 28.9 Å². The number of carbonyl (C=O) groups is 5. The SMILES string of the molecule is CC(C)n1cnc2cc(-c3ccc4c(c3)N([C@H]3C[C@@H](N5CCC[C@@H](F)C5)C3)C(=O)C43CCN(C(=O)C4(C)CCN(C(=O)C5CCN(c6ccc(C7CCC(=O)NC7=O)cc6)CC5)CC4)CC3)nc(NC3CC3)c21. The fourth-order valence-corrected chi connectivity index (χ4v) is 13.5. The number of hydrogen-bond acceptors (Lipinski definition) is 10. The van der Waals surface area contributed by atoms with Crippen molar-refractivity contribution in [2.45, 2.75) is 152 Å². The minimum atomic E-state index is -0.794. The monoisotopic (exact) mass is 995 g/mol. The molecular weight excluding hydrogens is 924 g/mol. The summed E-state index contributed by atoms with van der Waals surface area (Å²) < 4.78 is 16.8. The molecule has 1 unspecified atom stereocenters. The lowest BCUT2D eigenvalue weighted by atomic mass is 9.72. The van der Waals surface area contributed by atoms with Gasteiger partial charge in [0.2, 0.25) is 29.5 Å². The molecule has 0 bridgehead atoms. The van der Waals surface area contributed by atoms with Crippen molar-refractivity contribution in [1.82, 2.24) is 34.6 Å². The molecule has 2 atom stereocenters. The van der Waals surface area contributed by atoms with Crippen molar-refractivity contribution in [1.29, 1.82) is 0 Å². The summed E-state index contributed by atoms with van der Waals surface area (Å²) in [6.45, 7) is 11.4. The third kappa shape index (κ3) is 8.76. The van der Waals surface area contributed by atoms with Gasteiger partial charge in [0.15, 0.2) is 5.82 Å². The Morgan fingerprint density at radius 3 is 2.23 bits per heavy atom. The van der Waals surface area contributed by atoms with E-state index in [4.69, 9.17) is 9.97 Å². The number of imidazole rings is 1. The van der Waals surface area contributed by atoms with Gasteiger partial charge in [-0.15, -0.1) is 0 Å². The van der Waals surface area contributed by atoms with Gasteiger partial charge < -0.3 is 29.5 Å². The molecule has 2 aromatic heterocycles. The van der Waals surface area contributed by atoms with Crippen molar-refractivity contribution in [3.63, 3.8) is 0 Å². The number of rotatable bonds is 10. The standard InChI is InChI=1S/C57H71FN10O5/c1-35(2)67-34-59-47-32-46(61-51(50(47)67)60-40-9-10-40)38-8-14-45-48(29-38)68(43-30-42(31-43)66-22-4-5-39(58)33-66)55(73)57(45)20-27-65(28-21-57)54(72)56(3)18-25-64(26-19-56)53(71)37-16-23-63(24-17-37)41-11-6-36(7-12-41)44-13-15-49(69)62-52(44)70/h6-8,11-12,14,29,32,34-35,37,39-40,42-44H,4-5,9-10,13,15-28,30-31,33H2,1-3H3,(H,60,61)(H,62,69,70)/t39-,42-,43+,44?/m1/s1. The molecule has 8 aliphatic rings. The number of nitrogens with zero attached hydrogens (tertiary/aromatic N) is 8. The molecule has 2 saturated carbocycles. The molecule has 5 saturated heterocycles. The lowest BCUT2D eigenvalue weighted by molar-refractivity contribution is -0.150. The zero-order chi connectivity index (χ0) is 50.3. The van der Waals surface area contributed by atoms with E-state index in [2.05, 4.69) is 74.9 Å². The summed E-state index contributed by atoms with van der Waals surface area (Å²) in [5, 5.41) is 6.13. The van der Waals surface area contributed by atoms with Crippen LogP contribution in [-0.2, 0) is 29.4 Å². The molecule has 1 spiro atoms. The smallest absolute Gasteiger partial charge is 0.238 e. The van der Waals surface area contributed by atoms with Crippen molar-refractivity contribution in [3.05, 3.63) is 66.0 Å². The fourth-order valence-electron chi connectivity index (χ4n) is 13.5. The summed E-state index contributed by atoms with van der Waals surface area (Å²) in [4.78, 5) is 88.6. The zero-order valence-electron chi connectivity index (χ0n) is 42.8. The predicted molar refractivity (Wildman–Crippen MR) is 278 cm³/mol. The number of alkyl halides is 1. The maximum atomic E-state index is 15.3. The van der Waals surface area contributed by atoms with Crippen LogP contribution in [0.15, 0.2) is 54.9 Å². The number of benzene rings is 2. The van der Waals surface area contributed by atoms with Crippen molar-refractivity contribution >= 4 is 57.8 Å². The molecule has 0 radical (unpaired) electrons. The first-order valence-electron chi connectivity index (χ1n) is 27.5. The van der Waals surface area contributed by atoms with Gasteiger partial charge in [-0.25, -0.2) is 14.4 Å². The number of halogens is 1. The van der Waals surface area contributed by atoms with Crippen molar-refractivity contribution in [2.24, 2.45) is 11.3 Å². The quantitative estimate of drug-likeness (QED) is 0.153. The Labute approximate surface area is 427 Å². The first-order chi connectivity index (χ1) is 35.2. The molecule has 12 rings (SSSR count). The number of likely N-dealkylation sites (tertiary alicyclic amines) is 3. The van der Waals surface area contributed by atoms with Crippen LogP contribution < -0.4 is 20.4 Å². The van der Waals surface area contributed by atoms with Gasteiger partial charge in [0.1, 0.15) is 11.7 Å². The van der Waals surface area contributed by atoms with Gasteiger partial charge in [-0.05, 0) is 139 Å². The van der Waals surface area contributed by atoms with E-state index in [1.807, 2.05) is 40.4 Å². The van der Waals surface area contributed by atoms with E-state index >= 15 is 4.79 Å². The molecule has 5 amide bonds. The molecule has 2 aliphatic carbocycles. The highest BCUT2D eigenvalue weighted by Gasteiger charge is 2.57. The maximum Gasteiger partial charge on any atom is 0.238 e. The number of amides is 5. The Morgan fingerprint density at radius 1 is 0.822 bits per heavy atom. The maximum absolute atomic E-state index is 15.3. The highest BCUT2D eigenvalue weighted by atomic mass is 19.1. The first kappa shape index (κ1) is 48.1.